The average molecular weight is 240 g/mol. The number of nitrogens with zero attached hydrogens (tertiary/aromatic N) is 1. The van der Waals surface area contributed by atoms with Crippen LogP contribution in [0.2, 0.25) is 5.02 Å². The van der Waals surface area contributed by atoms with Gasteiger partial charge in [-0.15, -0.1) is 0 Å². The van der Waals surface area contributed by atoms with Crippen molar-refractivity contribution in [3.05, 3.63) is 34.9 Å². The number of benzene rings is 1. The van der Waals surface area contributed by atoms with Crippen LogP contribution in [0.5, 0.6) is 0 Å². The van der Waals surface area contributed by atoms with Crippen molar-refractivity contribution in [3.8, 4) is 0 Å². The normalized spacial score (nSPS) is 10.8. The zero-order valence-corrected chi connectivity index (χ0v) is 10.6. The highest BCUT2D eigenvalue weighted by atomic mass is 35.5. The number of halogens is 1. The minimum absolute atomic E-state index is 0.260. The molecule has 1 rings (SSSR count). The van der Waals surface area contributed by atoms with E-state index in [9.17, 15) is 4.79 Å². The summed E-state index contributed by atoms with van der Waals surface area (Å²) < 4.78 is 0. The van der Waals surface area contributed by atoms with E-state index >= 15 is 0 Å². The van der Waals surface area contributed by atoms with Gasteiger partial charge in [-0.05, 0) is 44.6 Å². The van der Waals surface area contributed by atoms with E-state index in [0.717, 1.165) is 24.5 Å². The quantitative estimate of drug-likeness (QED) is 0.760. The monoisotopic (exact) mass is 239 g/mol. The molecule has 0 saturated heterocycles. The molecule has 0 spiro atoms. The maximum atomic E-state index is 10.8. The Morgan fingerprint density at radius 2 is 2.19 bits per heavy atom. The molecular weight excluding hydrogens is 222 g/mol. The third-order valence-electron chi connectivity index (χ3n) is 2.41. The SMILES string of the molecule is CC(=O)CCCN(C)Cc1cccc(Cl)c1. The second-order valence-electron chi connectivity index (χ2n) is 4.17. The summed E-state index contributed by atoms with van der Waals surface area (Å²) in [5.41, 5.74) is 1.21. The lowest BCUT2D eigenvalue weighted by Crippen LogP contribution is -2.19. The van der Waals surface area contributed by atoms with Gasteiger partial charge >= 0.3 is 0 Å². The second-order valence-corrected chi connectivity index (χ2v) is 4.61. The summed E-state index contributed by atoms with van der Waals surface area (Å²) in [6.07, 6.45) is 1.59. The van der Waals surface area contributed by atoms with Gasteiger partial charge in [-0.2, -0.15) is 0 Å². The highest BCUT2D eigenvalue weighted by molar-refractivity contribution is 6.30. The molecule has 1 aromatic carbocycles. The molecule has 0 radical (unpaired) electrons. The van der Waals surface area contributed by atoms with E-state index in [2.05, 4.69) is 18.0 Å². The van der Waals surface area contributed by atoms with Crippen molar-refractivity contribution in [2.75, 3.05) is 13.6 Å². The molecule has 0 aliphatic heterocycles. The van der Waals surface area contributed by atoms with Gasteiger partial charge in [-0.1, -0.05) is 23.7 Å². The molecule has 0 atom stereocenters. The van der Waals surface area contributed by atoms with E-state index in [1.807, 2.05) is 18.2 Å². The fourth-order valence-corrected chi connectivity index (χ4v) is 1.84. The van der Waals surface area contributed by atoms with Gasteiger partial charge in [0.1, 0.15) is 5.78 Å². The van der Waals surface area contributed by atoms with Crippen molar-refractivity contribution in [2.24, 2.45) is 0 Å². The summed E-state index contributed by atoms with van der Waals surface area (Å²) in [6.45, 7) is 3.45. The van der Waals surface area contributed by atoms with Crippen LogP contribution < -0.4 is 0 Å². The smallest absolute Gasteiger partial charge is 0.129 e. The van der Waals surface area contributed by atoms with Gasteiger partial charge in [0.15, 0.2) is 0 Å². The van der Waals surface area contributed by atoms with Crippen molar-refractivity contribution in [1.82, 2.24) is 4.90 Å². The number of hydrogen-bond acceptors (Lipinski definition) is 2. The van der Waals surface area contributed by atoms with Crippen LogP contribution in [0.4, 0.5) is 0 Å². The van der Waals surface area contributed by atoms with Crippen molar-refractivity contribution in [3.63, 3.8) is 0 Å². The number of rotatable bonds is 6. The molecule has 2 nitrogen and oxygen atoms in total. The second kappa shape index (κ2) is 6.66. The van der Waals surface area contributed by atoms with Gasteiger partial charge < -0.3 is 9.69 Å². The van der Waals surface area contributed by atoms with Gasteiger partial charge in [-0.3, -0.25) is 0 Å². The number of carbonyl (C=O) groups is 1. The van der Waals surface area contributed by atoms with Gasteiger partial charge in [0.25, 0.3) is 0 Å². The first kappa shape index (κ1) is 13.2. The lowest BCUT2D eigenvalue weighted by Gasteiger charge is -2.16. The Balaban J connectivity index is 2.33. The predicted octanol–water partition coefficient (Wildman–Crippen LogP) is 3.14. The van der Waals surface area contributed by atoms with Gasteiger partial charge in [0, 0.05) is 18.0 Å². The molecule has 0 saturated carbocycles. The highest BCUT2D eigenvalue weighted by Crippen LogP contribution is 2.12. The third kappa shape index (κ3) is 5.29. The zero-order chi connectivity index (χ0) is 12.0. The van der Waals surface area contributed by atoms with E-state index in [0.29, 0.717) is 6.42 Å². The molecule has 0 heterocycles. The number of ketones is 1. The van der Waals surface area contributed by atoms with Gasteiger partial charge in [0.2, 0.25) is 0 Å². The molecule has 16 heavy (non-hydrogen) atoms. The molecule has 3 heteroatoms. The summed E-state index contributed by atoms with van der Waals surface area (Å²) in [7, 11) is 2.06. The molecule has 0 aliphatic carbocycles. The van der Waals surface area contributed by atoms with Crippen LogP contribution in [0.1, 0.15) is 25.3 Å². The Morgan fingerprint density at radius 1 is 1.44 bits per heavy atom. The molecule has 1 aromatic rings. The molecule has 0 amide bonds. The summed E-state index contributed by atoms with van der Waals surface area (Å²) in [6, 6.07) is 7.87. The molecule has 0 N–H and O–H groups in total. The van der Waals surface area contributed by atoms with Crippen molar-refractivity contribution in [1.29, 1.82) is 0 Å². The summed E-state index contributed by atoms with van der Waals surface area (Å²) >= 11 is 5.91. The molecule has 0 bridgehead atoms. The first-order chi connectivity index (χ1) is 7.58. The maximum Gasteiger partial charge on any atom is 0.129 e. The van der Waals surface area contributed by atoms with E-state index in [1.54, 1.807) is 6.92 Å². The Kier molecular flexibility index (Phi) is 5.50. The highest BCUT2D eigenvalue weighted by Gasteiger charge is 2.01. The van der Waals surface area contributed by atoms with Crippen LogP contribution in [-0.2, 0) is 11.3 Å². The van der Waals surface area contributed by atoms with E-state index in [4.69, 9.17) is 11.6 Å². The molecule has 88 valence electrons. The van der Waals surface area contributed by atoms with Crippen LogP contribution in [0.25, 0.3) is 0 Å². The summed E-state index contributed by atoms with van der Waals surface area (Å²) in [5, 5.41) is 0.773. The summed E-state index contributed by atoms with van der Waals surface area (Å²) in [5.74, 6) is 0.260. The minimum atomic E-state index is 0.260. The van der Waals surface area contributed by atoms with Crippen LogP contribution in [0.15, 0.2) is 24.3 Å². The largest absolute Gasteiger partial charge is 0.302 e. The molecule has 0 fully saturated rings. The lowest BCUT2D eigenvalue weighted by molar-refractivity contribution is -0.117. The van der Waals surface area contributed by atoms with Gasteiger partial charge in [0.05, 0.1) is 0 Å². The summed E-state index contributed by atoms with van der Waals surface area (Å²) in [4.78, 5) is 13.0. The predicted molar refractivity (Wildman–Crippen MR) is 67.7 cm³/mol. The molecular formula is C13H18ClNO. The average Bonchev–Trinajstić information content (AvgIpc) is 2.16. The van der Waals surface area contributed by atoms with Crippen molar-refractivity contribution in [2.45, 2.75) is 26.3 Å². The number of carbonyl (C=O) groups excluding carboxylic acids is 1. The third-order valence-corrected chi connectivity index (χ3v) is 2.65. The van der Waals surface area contributed by atoms with Crippen molar-refractivity contribution < 1.29 is 4.79 Å². The van der Waals surface area contributed by atoms with E-state index in [-0.39, 0.29) is 5.78 Å². The molecule has 0 aromatic heterocycles. The first-order valence-electron chi connectivity index (χ1n) is 5.50. The Hall–Kier alpha value is -0.860. The Labute approximate surface area is 102 Å². The topological polar surface area (TPSA) is 20.3 Å². The fraction of sp³-hybridized carbons (Fsp3) is 0.462. The Morgan fingerprint density at radius 3 is 2.81 bits per heavy atom. The van der Waals surface area contributed by atoms with Crippen molar-refractivity contribution >= 4 is 17.4 Å². The van der Waals surface area contributed by atoms with E-state index in [1.165, 1.54) is 5.56 Å². The molecule has 0 unspecified atom stereocenters. The van der Waals surface area contributed by atoms with Crippen LogP contribution in [0.3, 0.4) is 0 Å². The Bertz CT molecular complexity index is 352. The standard InChI is InChI=1S/C13H18ClNO/c1-11(16)5-4-8-15(2)10-12-6-3-7-13(14)9-12/h3,6-7,9H,4-5,8,10H2,1-2H3. The fourth-order valence-electron chi connectivity index (χ4n) is 1.62. The zero-order valence-electron chi connectivity index (χ0n) is 9.87. The van der Waals surface area contributed by atoms with Crippen LogP contribution >= 0.6 is 11.6 Å². The van der Waals surface area contributed by atoms with E-state index < -0.39 is 0 Å². The number of Topliss-reactive ketones (excluding diaryl/α,β-unsaturated/α-hetero) is 1. The minimum Gasteiger partial charge on any atom is -0.302 e. The van der Waals surface area contributed by atoms with Crippen LogP contribution in [0, 0.1) is 0 Å². The first-order valence-corrected chi connectivity index (χ1v) is 5.88. The number of hydrogen-bond donors (Lipinski definition) is 0. The maximum absolute atomic E-state index is 10.8. The molecule has 0 aliphatic rings. The van der Waals surface area contributed by atoms with Gasteiger partial charge in [-0.25, -0.2) is 0 Å². The van der Waals surface area contributed by atoms with Crippen LogP contribution in [-0.4, -0.2) is 24.3 Å². The lowest BCUT2D eigenvalue weighted by atomic mass is 10.2.